The minimum atomic E-state index is -0.687. The normalized spacial score (nSPS) is 20.4. The van der Waals surface area contributed by atoms with Gasteiger partial charge < -0.3 is 14.6 Å². The van der Waals surface area contributed by atoms with Gasteiger partial charge in [0.25, 0.3) is 0 Å². The predicted octanol–water partition coefficient (Wildman–Crippen LogP) is 2.31. The predicted molar refractivity (Wildman–Crippen MR) is 77.4 cm³/mol. The lowest BCUT2D eigenvalue weighted by molar-refractivity contribution is 0.0535. The summed E-state index contributed by atoms with van der Waals surface area (Å²) in [7, 11) is 2.01. The number of hydrogen-bond acceptors (Lipinski definition) is 3. The molecule has 1 N–H and O–H groups in total. The van der Waals surface area contributed by atoms with E-state index in [0.717, 1.165) is 36.1 Å². The number of fused-ring (bicyclic) bond motifs is 1. The Kier molecular flexibility index (Phi) is 2.78. The first kappa shape index (κ1) is 12.5. The van der Waals surface area contributed by atoms with Crippen molar-refractivity contribution in [3.63, 3.8) is 0 Å². The quantitative estimate of drug-likeness (QED) is 0.900. The van der Waals surface area contributed by atoms with Gasteiger partial charge in [0.05, 0.1) is 29.2 Å². The molecule has 2 aromatic rings. The van der Waals surface area contributed by atoms with Crippen LogP contribution in [0.5, 0.6) is 0 Å². The molecule has 0 spiro atoms. The minimum Gasteiger partial charge on any atom is -0.388 e. The van der Waals surface area contributed by atoms with Crippen molar-refractivity contribution in [1.82, 2.24) is 9.55 Å². The first-order valence-electron chi connectivity index (χ1n) is 6.87. The summed E-state index contributed by atoms with van der Waals surface area (Å²) in [4.78, 5) is 6.83. The number of hydrogen-bond donors (Lipinski definition) is 1. The van der Waals surface area contributed by atoms with Crippen molar-refractivity contribution in [3.05, 3.63) is 24.5 Å². The molecule has 1 aliphatic heterocycles. The van der Waals surface area contributed by atoms with Crippen LogP contribution >= 0.6 is 0 Å². The summed E-state index contributed by atoms with van der Waals surface area (Å²) < 4.78 is 2.04. The summed E-state index contributed by atoms with van der Waals surface area (Å²) in [6.07, 6.45) is 4.01. The lowest BCUT2D eigenvalue weighted by atomic mass is 9.96. The highest BCUT2D eigenvalue weighted by Crippen LogP contribution is 2.35. The first-order chi connectivity index (χ1) is 8.98. The molecule has 102 valence electrons. The second-order valence-corrected chi connectivity index (χ2v) is 6.01. The molecule has 4 heteroatoms. The maximum atomic E-state index is 10.4. The maximum Gasteiger partial charge on any atom is 0.112 e. The molecule has 0 radical (unpaired) electrons. The van der Waals surface area contributed by atoms with Crippen molar-refractivity contribution in [1.29, 1.82) is 0 Å². The molecule has 0 bridgehead atoms. The number of para-hydroxylation sites is 1. The largest absolute Gasteiger partial charge is 0.388 e. The van der Waals surface area contributed by atoms with E-state index in [9.17, 15) is 5.11 Å². The molecule has 0 unspecified atom stereocenters. The number of aromatic nitrogens is 2. The van der Waals surface area contributed by atoms with E-state index in [1.54, 1.807) is 0 Å². The van der Waals surface area contributed by atoms with E-state index in [2.05, 4.69) is 28.1 Å². The third kappa shape index (κ3) is 2.00. The van der Waals surface area contributed by atoms with Gasteiger partial charge in [-0.1, -0.05) is 6.07 Å². The van der Waals surface area contributed by atoms with Crippen molar-refractivity contribution < 1.29 is 5.11 Å². The summed E-state index contributed by atoms with van der Waals surface area (Å²) in [5, 5.41) is 10.4. The zero-order chi connectivity index (χ0) is 13.6. The van der Waals surface area contributed by atoms with Crippen molar-refractivity contribution in [2.75, 3.05) is 11.4 Å². The van der Waals surface area contributed by atoms with Crippen LogP contribution in [0.25, 0.3) is 11.0 Å². The van der Waals surface area contributed by atoms with E-state index >= 15 is 0 Å². The molecule has 4 nitrogen and oxygen atoms in total. The molecule has 0 aliphatic carbocycles. The average Bonchev–Trinajstić information content (AvgIpc) is 2.95. The highest BCUT2D eigenvalue weighted by Gasteiger charge is 2.36. The van der Waals surface area contributed by atoms with Gasteiger partial charge in [0.2, 0.25) is 0 Å². The lowest BCUT2D eigenvalue weighted by Crippen LogP contribution is -2.45. The molecule has 1 atom stereocenters. The first-order valence-corrected chi connectivity index (χ1v) is 6.87. The van der Waals surface area contributed by atoms with Crippen LogP contribution in [0.2, 0.25) is 0 Å². The van der Waals surface area contributed by atoms with Crippen LogP contribution in [0.15, 0.2) is 24.5 Å². The molecule has 1 aliphatic rings. The number of nitrogens with zero attached hydrogens (tertiary/aromatic N) is 3. The molecular weight excluding hydrogens is 238 g/mol. The second kappa shape index (κ2) is 4.23. The van der Waals surface area contributed by atoms with Gasteiger partial charge in [0.1, 0.15) is 5.52 Å². The topological polar surface area (TPSA) is 41.3 Å². The summed E-state index contributed by atoms with van der Waals surface area (Å²) >= 11 is 0. The summed E-state index contributed by atoms with van der Waals surface area (Å²) in [5.74, 6) is 0. The van der Waals surface area contributed by atoms with Gasteiger partial charge in [0, 0.05) is 13.6 Å². The minimum absolute atomic E-state index is 0.167. The molecule has 1 aromatic carbocycles. The number of benzene rings is 1. The van der Waals surface area contributed by atoms with Crippen LogP contribution in [0, 0.1) is 0 Å². The van der Waals surface area contributed by atoms with E-state index in [1.807, 2.05) is 31.8 Å². The number of rotatable bonds is 2. The Bertz CT molecular complexity index is 597. The summed E-state index contributed by atoms with van der Waals surface area (Å²) in [6.45, 7) is 4.79. The van der Waals surface area contributed by atoms with Crippen LogP contribution in [0.3, 0.4) is 0 Å². The zero-order valence-corrected chi connectivity index (χ0v) is 11.8. The zero-order valence-electron chi connectivity index (χ0n) is 11.8. The van der Waals surface area contributed by atoms with Gasteiger partial charge in [-0.3, -0.25) is 0 Å². The van der Waals surface area contributed by atoms with Crippen LogP contribution in [0.4, 0.5) is 5.69 Å². The Morgan fingerprint density at radius 3 is 2.89 bits per heavy atom. The van der Waals surface area contributed by atoms with Crippen LogP contribution < -0.4 is 4.90 Å². The van der Waals surface area contributed by atoms with Gasteiger partial charge in [-0.2, -0.15) is 0 Å². The van der Waals surface area contributed by atoms with Gasteiger partial charge in [-0.05, 0) is 38.8 Å². The van der Waals surface area contributed by atoms with Crippen LogP contribution in [0.1, 0.15) is 26.7 Å². The molecule has 3 rings (SSSR count). The molecule has 1 fully saturated rings. The highest BCUT2D eigenvalue weighted by molar-refractivity contribution is 5.89. The van der Waals surface area contributed by atoms with Crippen molar-refractivity contribution >= 4 is 16.7 Å². The Balaban J connectivity index is 2.09. The standard InChI is InChI=1S/C15H21N3O/c1-15(2,19)13-8-5-9-18(13)12-7-4-6-11-14(12)16-10-17(11)3/h4,6-7,10,13,19H,5,8-9H2,1-3H3/t13-/m0/s1. The van der Waals surface area contributed by atoms with Crippen LogP contribution in [-0.2, 0) is 7.05 Å². The maximum absolute atomic E-state index is 10.4. The molecule has 19 heavy (non-hydrogen) atoms. The van der Waals surface area contributed by atoms with Gasteiger partial charge in [-0.25, -0.2) is 4.98 Å². The SMILES string of the molecule is Cn1cnc2c(N3CCC[C@H]3C(C)(C)O)cccc21. The second-order valence-electron chi connectivity index (χ2n) is 6.01. The summed E-state index contributed by atoms with van der Waals surface area (Å²) in [5.41, 5.74) is 2.62. The van der Waals surface area contributed by atoms with Gasteiger partial charge >= 0.3 is 0 Å². The molecular formula is C15H21N3O. The van der Waals surface area contributed by atoms with E-state index in [-0.39, 0.29) is 6.04 Å². The number of anilines is 1. The average molecular weight is 259 g/mol. The highest BCUT2D eigenvalue weighted by atomic mass is 16.3. The molecule has 0 saturated carbocycles. The Hall–Kier alpha value is -1.55. The van der Waals surface area contributed by atoms with Gasteiger partial charge in [0.15, 0.2) is 0 Å². The van der Waals surface area contributed by atoms with Crippen molar-refractivity contribution in [2.45, 2.75) is 38.3 Å². The van der Waals surface area contributed by atoms with E-state index in [1.165, 1.54) is 0 Å². The molecule has 1 aromatic heterocycles. The number of aryl methyl sites for hydroxylation is 1. The van der Waals surface area contributed by atoms with Crippen LogP contribution in [-0.4, -0.2) is 32.8 Å². The van der Waals surface area contributed by atoms with Crippen molar-refractivity contribution in [3.8, 4) is 0 Å². The van der Waals surface area contributed by atoms with Gasteiger partial charge in [-0.15, -0.1) is 0 Å². The monoisotopic (exact) mass is 259 g/mol. The van der Waals surface area contributed by atoms with E-state index in [0.29, 0.717) is 0 Å². The third-order valence-electron chi connectivity index (χ3n) is 4.11. The fourth-order valence-electron chi connectivity index (χ4n) is 3.16. The third-order valence-corrected chi connectivity index (χ3v) is 4.11. The summed E-state index contributed by atoms with van der Waals surface area (Å²) in [6, 6.07) is 6.43. The van der Waals surface area contributed by atoms with E-state index in [4.69, 9.17) is 0 Å². The smallest absolute Gasteiger partial charge is 0.112 e. The van der Waals surface area contributed by atoms with E-state index < -0.39 is 5.60 Å². The fourth-order valence-corrected chi connectivity index (χ4v) is 3.16. The Morgan fingerprint density at radius 2 is 2.16 bits per heavy atom. The Morgan fingerprint density at radius 1 is 1.37 bits per heavy atom. The fraction of sp³-hybridized carbons (Fsp3) is 0.533. The number of imidazole rings is 1. The number of aliphatic hydroxyl groups is 1. The molecule has 2 heterocycles. The van der Waals surface area contributed by atoms with Crippen molar-refractivity contribution in [2.24, 2.45) is 7.05 Å². The lowest BCUT2D eigenvalue weighted by Gasteiger charge is -2.35. The molecule has 1 saturated heterocycles. The Labute approximate surface area is 113 Å². The molecule has 0 amide bonds.